The number of rotatable bonds is 5. The number of carbonyl (C=O) groups is 1. The van der Waals surface area contributed by atoms with Crippen LogP contribution in [0.3, 0.4) is 0 Å². The molecule has 0 unspecified atom stereocenters. The Bertz CT molecular complexity index is 916. The highest BCUT2D eigenvalue weighted by atomic mass is 16.2. The molecule has 1 heterocycles. The van der Waals surface area contributed by atoms with Crippen LogP contribution in [0.2, 0.25) is 0 Å². The lowest BCUT2D eigenvalue weighted by molar-refractivity contribution is -0.0167. The topological polar surface area (TPSA) is 35.6 Å². The summed E-state index contributed by atoms with van der Waals surface area (Å²) in [5, 5.41) is 3.58. The average molecular weight is 444 g/mol. The van der Waals surface area contributed by atoms with Crippen molar-refractivity contribution >= 4 is 6.03 Å². The standard InChI is InChI=1S/C29H37N3O/c33-28(30-29-19-23-15-24(20-29)17-25(16-23)21-29)32-13-11-31(12-14-32)27(26-9-5-2-6-10-26)18-22-7-3-1-4-8-22/h1-10,23-25,27H,11-21H2,(H,30,33)/t23?,24?,25?,27-,29?/m0/s1. The van der Waals surface area contributed by atoms with Crippen molar-refractivity contribution in [3.8, 4) is 0 Å². The van der Waals surface area contributed by atoms with Gasteiger partial charge in [0.25, 0.3) is 0 Å². The highest BCUT2D eigenvalue weighted by Crippen LogP contribution is 2.55. The largest absolute Gasteiger partial charge is 0.333 e. The average Bonchev–Trinajstić information content (AvgIpc) is 2.83. The fraction of sp³-hybridized carbons (Fsp3) is 0.552. The van der Waals surface area contributed by atoms with E-state index < -0.39 is 0 Å². The minimum absolute atomic E-state index is 0.100. The molecule has 4 aliphatic carbocycles. The second-order valence-electron chi connectivity index (χ2n) is 11.3. The molecule has 2 aromatic carbocycles. The van der Waals surface area contributed by atoms with E-state index in [1.54, 1.807) is 0 Å². The van der Waals surface area contributed by atoms with Crippen molar-refractivity contribution in [2.24, 2.45) is 17.8 Å². The Balaban J connectivity index is 1.10. The predicted molar refractivity (Wildman–Crippen MR) is 132 cm³/mol. The molecule has 1 aliphatic heterocycles. The summed E-state index contributed by atoms with van der Waals surface area (Å²) in [4.78, 5) is 18.0. The minimum atomic E-state index is 0.100. The lowest BCUT2D eigenvalue weighted by Crippen LogP contribution is -2.63. The Morgan fingerprint density at radius 3 is 1.94 bits per heavy atom. The Kier molecular flexibility index (Phi) is 5.65. The van der Waals surface area contributed by atoms with Crippen LogP contribution in [-0.4, -0.2) is 47.5 Å². The second kappa shape index (κ2) is 8.79. The molecule has 1 atom stereocenters. The lowest BCUT2D eigenvalue weighted by atomic mass is 9.53. The third kappa shape index (κ3) is 4.42. The quantitative estimate of drug-likeness (QED) is 0.684. The minimum Gasteiger partial charge on any atom is -0.333 e. The van der Waals surface area contributed by atoms with Gasteiger partial charge >= 0.3 is 6.03 Å². The molecule has 4 heteroatoms. The van der Waals surface area contributed by atoms with E-state index in [9.17, 15) is 4.79 Å². The third-order valence-electron chi connectivity index (χ3n) is 8.91. The van der Waals surface area contributed by atoms with Gasteiger partial charge in [-0.3, -0.25) is 4.90 Å². The monoisotopic (exact) mass is 443 g/mol. The van der Waals surface area contributed by atoms with Crippen LogP contribution in [0.4, 0.5) is 4.79 Å². The normalized spacial score (nSPS) is 32.0. The smallest absolute Gasteiger partial charge is 0.317 e. The molecule has 1 N–H and O–H groups in total. The van der Waals surface area contributed by atoms with E-state index in [1.165, 1.54) is 49.7 Å². The first-order valence-corrected chi connectivity index (χ1v) is 13.1. The molecule has 2 aromatic rings. The van der Waals surface area contributed by atoms with Gasteiger partial charge in [0, 0.05) is 37.8 Å². The molecule has 174 valence electrons. The number of hydrogen-bond acceptors (Lipinski definition) is 2. The molecule has 5 aliphatic rings. The molecule has 0 radical (unpaired) electrons. The van der Waals surface area contributed by atoms with Gasteiger partial charge in [0.1, 0.15) is 0 Å². The van der Waals surface area contributed by atoms with E-state index in [2.05, 4.69) is 75.8 Å². The fourth-order valence-electron chi connectivity index (χ4n) is 7.78. The summed E-state index contributed by atoms with van der Waals surface area (Å²) >= 11 is 0. The molecule has 0 spiro atoms. The zero-order valence-electron chi connectivity index (χ0n) is 19.7. The van der Waals surface area contributed by atoms with Crippen LogP contribution in [0.15, 0.2) is 60.7 Å². The summed E-state index contributed by atoms with van der Waals surface area (Å²) in [6.45, 7) is 3.49. The van der Waals surface area contributed by atoms with Crippen LogP contribution in [0.5, 0.6) is 0 Å². The Labute approximate surface area is 198 Å². The maximum Gasteiger partial charge on any atom is 0.317 e. The number of amides is 2. The van der Waals surface area contributed by atoms with Crippen LogP contribution in [0.25, 0.3) is 0 Å². The van der Waals surface area contributed by atoms with Crippen molar-refractivity contribution in [1.82, 2.24) is 15.1 Å². The molecule has 4 saturated carbocycles. The summed E-state index contributed by atoms with van der Waals surface area (Å²) in [5.74, 6) is 2.58. The Morgan fingerprint density at radius 2 is 1.36 bits per heavy atom. The number of nitrogens with one attached hydrogen (secondary N) is 1. The van der Waals surface area contributed by atoms with Gasteiger partial charge < -0.3 is 10.2 Å². The van der Waals surface area contributed by atoms with Crippen molar-refractivity contribution in [3.05, 3.63) is 71.8 Å². The Morgan fingerprint density at radius 1 is 0.818 bits per heavy atom. The molecular weight excluding hydrogens is 406 g/mol. The molecule has 1 saturated heterocycles. The van der Waals surface area contributed by atoms with E-state index in [0.717, 1.165) is 50.4 Å². The third-order valence-corrected chi connectivity index (χ3v) is 8.91. The summed E-state index contributed by atoms with van der Waals surface area (Å²) in [6, 6.07) is 22.2. The summed E-state index contributed by atoms with van der Waals surface area (Å²) < 4.78 is 0. The van der Waals surface area contributed by atoms with Crippen molar-refractivity contribution in [3.63, 3.8) is 0 Å². The maximum atomic E-state index is 13.3. The van der Waals surface area contributed by atoms with Crippen LogP contribution < -0.4 is 5.32 Å². The van der Waals surface area contributed by atoms with Gasteiger partial charge in [-0.1, -0.05) is 60.7 Å². The maximum absolute atomic E-state index is 13.3. The molecular formula is C29H37N3O. The zero-order chi connectivity index (χ0) is 22.3. The number of urea groups is 1. The highest BCUT2D eigenvalue weighted by molar-refractivity contribution is 5.75. The van der Waals surface area contributed by atoms with Gasteiger partial charge in [0.05, 0.1) is 0 Å². The fourth-order valence-corrected chi connectivity index (χ4v) is 7.78. The van der Waals surface area contributed by atoms with E-state index in [0.29, 0.717) is 6.04 Å². The first kappa shape index (κ1) is 21.2. The number of hydrogen-bond donors (Lipinski definition) is 1. The molecule has 7 rings (SSSR count). The first-order valence-electron chi connectivity index (χ1n) is 13.1. The molecule has 33 heavy (non-hydrogen) atoms. The van der Waals surface area contributed by atoms with E-state index in [-0.39, 0.29) is 11.6 Å². The number of nitrogens with zero attached hydrogens (tertiary/aromatic N) is 2. The zero-order valence-corrected chi connectivity index (χ0v) is 19.7. The van der Waals surface area contributed by atoms with Crippen LogP contribution >= 0.6 is 0 Å². The predicted octanol–water partition coefficient (Wildman–Crippen LogP) is 5.27. The Hall–Kier alpha value is -2.33. The summed E-state index contributed by atoms with van der Waals surface area (Å²) in [6.07, 6.45) is 8.90. The SMILES string of the molecule is O=C(NC12CC3CC(CC(C3)C1)C2)N1CCN([C@@H](Cc2ccccc2)c2ccccc2)CC1. The summed E-state index contributed by atoms with van der Waals surface area (Å²) in [7, 11) is 0. The van der Waals surface area contributed by atoms with Crippen molar-refractivity contribution in [2.45, 2.75) is 56.5 Å². The van der Waals surface area contributed by atoms with Crippen molar-refractivity contribution in [1.29, 1.82) is 0 Å². The van der Waals surface area contributed by atoms with Crippen molar-refractivity contribution in [2.75, 3.05) is 26.2 Å². The van der Waals surface area contributed by atoms with Gasteiger partial charge in [0.2, 0.25) is 0 Å². The molecule has 4 bridgehead atoms. The number of piperazine rings is 1. The lowest BCUT2D eigenvalue weighted by Gasteiger charge is -2.57. The second-order valence-corrected chi connectivity index (χ2v) is 11.3. The number of benzene rings is 2. The van der Waals surface area contributed by atoms with Gasteiger partial charge in [0.15, 0.2) is 0 Å². The van der Waals surface area contributed by atoms with E-state index in [1.807, 2.05) is 0 Å². The van der Waals surface area contributed by atoms with E-state index in [4.69, 9.17) is 0 Å². The van der Waals surface area contributed by atoms with E-state index >= 15 is 0 Å². The summed E-state index contributed by atoms with van der Waals surface area (Å²) in [5.41, 5.74) is 2.84. The van der Waals surface area contributed by atoms with Crippen molar-refractivity contribution < 1.29 is 4.79 Å². The highest BCUT2D eigenvalue weighted by Gasteiger charge is 2.51. The molecule has 2 amide bonds. The van der Waals surface area contributed by atoms with Gasteiger partial charge in [-0.25, -0.2) is 4.79 Å². The molecule has 4 nitrogen and oxygen atoms in total. The number of carbonyl (C=O) groups excluding carboxylic acids is 1. The van der Waals surface area contributed by atoms with Crippen LogP contribution in [0, 0.1) is 17.8 Å². The van der Waals surface area contributed by atoms with Crippen LogP contribution in [0.1, 0.15) is 55.7 Å². The first-order chi connectivity index (χ1) is 16.2. The molecule has 5 fully saturated rings. The van der Waals surface area contributed by atoms with Gasteiger partial charge in [-0.15, -0.1) is 0 Å². The van der Waals surface area contributed by atoms with Gasteiger partial charge in [-0.05, 0) is 73.8 Å². The van der Waals surface area contributed by atoms with Crippen LogP contribution in [-0.2, 0) is 6.42 Å². The molecule has 0 aromatic heterocycles. The van der Waals surface area contributed by atoms with Gasteiger partial charge in [-0.2, -0.15) is 0 Å².